The topological polar surface area (TPSA) is 70.8 Å². The Hall–Kier alpha value is -1.60. The predicted octanol–water partition coefficient (Wildman–Crippen LogP) is 1.51. The smallest absolute Gasteiger partial charge is 0.495 e. The summed E-state index contributed by atoms with van der Waals surface area (Å²) in [6.07, 6.45) is -0.0947. The molecule has 1 unspecified atom stereocenters. The Balaban J connectivity index is 2.35. The van der Waals surface area contributed by atoms with Crippen molar-refractivity contribution in [2.24, 2.45) is 0 Å². The van der Waals surface area contributed by atoms with Gasteiger partial charge in [-0.25, -0.2) is 0 Å². The molecule has 1 aliphatic rings. The molecule has 1 fully saturated rings. The van der Waals surface area contributed by atoms with Crippen molar-refractivity contribution in [3.8, 4) is 5.75 Å². The molecule has 6 nitrogen and oxygen atoms in total. The van der Waals surface area contributed by atoms with Gasteiger partial charge in [-0.1, -0.05) is 0 Å². The molecule has 1 saturated heterocycles. The van der Waals surface area contributed by atoms with Crippen molar-refractivity contribution in [1.29, 1.82) is 0 Å². The summed E-state index contributed by atoms with van der Waals surface area (Å²) >= 11 is 0. The van der Waals surface area contributed by atoms with Crippen molar-refractivity contribution in [1.82, 2.24) is 0 Å². The monoisotopic (exact) mass is 265 g/mol. The van der Waals surface area contributed by atoms with E-state index >= 15 is 0 Å². The Kier molecular flexibility index (Phi) is 3.51. The second kappa shape index (κ2) is 4.83. The molecule has 102 valence electrons. The third-order valence-electron chi connectivity index (χ3n) is 3.35. The van der Waals surface area contributed by atoms with Gasteiger partial charge in [0.15, 0.2) is 0 Å². The highest BCUT2D eigenvalue weighted by Gasteiger charge is 2.44. The van der Waals surface area contributed by atoms with Gasteiger partial charge in [-0.2, -0.15) is 0 Å². The lowest BCUT2D eigenvalue weighted by atomic mass is 9.79. The van der Waals surface area contributed by atoms with E-state index in [4.69, 9.17) is 14.0 Å². The standard InChI is InChI=1S/C12H16BNO5/c1-8-12(2,3)19-13(18-8)9-5-10(14(15)16)7-11(6-9)17-4/h5-8H,1-4H3. The molecule has 0 radical (unpaired) electrons. The van der Waals surface area contributed by atoms with Gasteiger partial charge < -0.3 is 14.0 Å². The Morgan fingerprint density at radius 3 is 2.58 bits per heavy atom. The Morgan fingerprint density at radius 1 is 1.42 bits per heavy atom. The molecule has 1 aromatic rings. The van der Waals surface area contributed by atoms with Crippen LogP contribution in [0.25, 0.3) is 0 Å². The molecule has 1 aromatic carbocycles. The second-order valence-corrected chi connectivity index (χ2v) is 5.05. The number of nitro benzene ring substituents is 1. The van der Waals surface area contributed by atoms with Gasteiger partial charge in [0.2, 0.25) is 0 Å². The molecule has 0 spiro atoms. The molecule has 1 atom stereocenters. The van der Waals surface area contributed by atoms with E-state index in [1.807, 2.05) is 20.8 Å². The number of hydrogen-bond acceptors (Lipinski definition) is 5. The quantitative estimate of drug-likeness (QED) is 0.470. The largest absolute Gasteiger partial charge is 0.497 e. The lowest BCUT2D eigenvalue weighted by molar-refractivity contribution is -0.384. The molecule has 7 heteroatoms. The number of non-ortho nitro benzene ring substituents is 1. The zero-order valence-corrected chi connectivity index (χ0v) is 11.4. The van der Waals surface area contributed by atoms with Gasteiger partial charge in [0.25, 0.3) is 5.69 Å². The number of rotatable bonds is 3. The molecular formula is C12H16BNO5. The van der Waals surface area contributed by atoms with Gasteiger partial charge in [0.05, 0.1) is 29.8 Å². The third kappa shape index (κ3) is 2.72. The summed E-state index contributed by atoms with van der Waals surface area (Å²) in [6, 6.07) is 4.50. The summed E-state index contributed by atoms with van der Waals surface area (Å²) in [5.41, 5.74) is 0.116. The molecule has 1 aliphatic heterocycles. The predicted molar refractivity (Wildman–Crippen MR) is 70.7 cm³/mol. The lowest BCUT2D eigenvalue weighted by Gasteiger charge is -2.21. The summed E-state index contributed by atoms with van der Waals surface area (Å²) in [5, 5.41) is 10.9. The number of ether oxygens (including phenoxy) is 1. The fraction of sp³-hybridized carbons (Fsp3) is 0.500. The van der Waals surface area contributed by atoms with E-state index < -0.39 is 17.6 Å². The number of hydrogen-bond donors (Lipinski definition) is 0. The molecule has 19 heavy (non-hydrogen) atoms. The first-order chi connectivity index (χ1) is 8.83. The first-order valence-electron chi connectivity index (χ1n) is 6.00. The van der Waals surface area contributed by atoms with Gasteiger partial charge in [-0.05, 0) is 32.3 Å². The van der Waals surface area contributed by atoms with Crippen molar-refractivity contribution in [2.45, 2.75) is 32.5 Å². The summed E-state index contributed by atoms with van der Waals surface area (Å²) in [7, 11) is 0.852. The zero-order chi connectivity index (χ0) is 14.2. The van der Waals surface area contributed by atoms with Crippen LogP contribution in [0.5, 0.6) is 5.75 Å². The van der Waals surface area contributed by atoms with Crippen LogP contribution in [-0.2, 0) is 9.31 Å². The highest BCUT2D eigenvalue weighted by atomic mass is 16.7. The maximum Gasteiger partial charge on any atom is 0.495 e. The fourth-order valence-corrected chi connectivity index (χ4v) is 1.86. The van der Waals surface area contributed by atoms with Crippen LogP contribution in [0.1, 0.15) is 20.8 Å². The van der Waals surface area contributed by atoms with Crippen molar-refractivity contribution in [3.63, 3.8) is 0 Å². The average molecular weight is 265 g/mol. The SMILES string of the molecule is COc1cc(B2OC(C)C(C)(C)O2)cc([N+](=O)[O-])c1. The van der Waals surface area contributed by atoms with E-state index in [2.05, 4.69) is 0 Å². The van der Waals surface area contributed by atoms with Crippen LogP contribution in [0.15, 0.2) is 18.2 Å². The van der Waals surface area contributed by atoms with Gasteiger partial charge in [-0.15, -0.1) is 0 Å². The lowest BCUT2D eigenvalue weighted by Crippen LogP contribution is -2.34. The maximum atomic E-state index is 10.9. The first-order valence-corrected chi connectivity index (χ1v) is 6.00. The molecule has 2 rings (SSSR count). The van der Waals surface area contributed by atoms with Gasteiger partial charge in [0, 0.05) is 6.07 Å². The summed E-state index contributed by atoms with van der Waals surface area (Å²) in [6.45, 7) is 5.76. The minimum Gasteiger partial charge on any atom is -0.497 e. The van der Waals surface area contributed by atoms with Crippen molar-refractivity contribution in [2.75, 3.05) is 7.11 Å². The fourth-order valence-electron chi connectivity index (χ4n) is 1.86. The molecule has 1 heterocycles. The van der Waals surface area contributed by atoms with Gasteiger partial charge in [-0.3, -0.25) is 10.1 Å². The van der Waals surface area contributed by atoms with E-state index in [0.717, 1.165) is 0 Å². The zero-order valence-electron chi connectivity index (χ0n) is 11.4. The number of methoxy groups -OCH3 is 1. The number of benzene rings is 1. The van der Waals surface area contributed by atoms with E-state index in [9.17, 15) is 10.1 Å². The van der Waals surface area contributed by atoms with Crippen LogP contribution in [0.3, 0.4) is 0 Å². The van der Waals surface area contributed by atoms with E-state index in [1.165, 1.54) is 19.2 Å². The van der Waals surface area contributed by atoms with Crippen LogP contribution in [0, 0.1) is 10.1 Å². The third-order valence-corrected chi connectivity index (χ3v) is 3.35. The van der Waals surface area contributed by atoms with Crippen LogP contribution >= 0.6 is 0 Å². The van der Waals surface area contributed by atoms with Crippen molar-refractivity contribution < 1.29 is 19.0 Å². The molecule has 0 N–H and O–H groups in total. The van der Waals surface area contributed by atoms with E-state index in [-0.39, 0.29) is 11.8 Å². The summed E-state index contributed by atoms with van der Waals surface area (Å²) < 4.78 is 16.5. The molecule has 0 aromatic heterocycles. The normalized spacial score (nSPS) is 21.5. The minimum atomic E-state index is -0.612. The molecular weight excluding hydrogens is 249 g/mol. The van der Waals surface area contributed by atoms with E-state index in [0.29, 0.717) is 11.2 Å². The maximum absolute atomic E-state index is 10.9. The molecule has 0 saturated carbocycles. The van der Waals surface area contributed by atoms with Crippen LogP contribution in [0.2, 0.25) is 0 Å². The van der Waals surface area contributed by atoms with Crippen molar-refractivity contribution in [3.05, 3.63) is 28.3 Å². The minimum absolute atomic E-state index is 0.0427. The second-order valence-electron chi connectivity index (χ2n) is 5.05. The van der Waals surface area contributed by atoms with Crippen LogP contribution in [0.4, 0.5) is 5.69 Å². The number of nitro groups is 1. The van der Waals surface area contributed by atoms with Gasteiger partial charge in [0.1, 0.15) is 5.75 Å². The molecule has 0 amide bonds. The number of nitrogens with zero attached hydrogens (tertiary/aromatic N) is 1. The van der Waals surface area contributed by atoms with Crippen molar-refractivity contribution >= 4 is 18.3 Å². The van der Waals surface area contributed by atoms with E-state index in [1.54, 1.807) is 6.07 Å². The highest BCUT2D eigenvalue weighted by molar-refractivity contribution is 6.62. The molecule has 0 aliphatic carbocycles. The Labute approximate surface area is 112 Å². The summed E-state index contributed by atoms with van der Waals surface area (Å²) in [4.78, 5) is 10.4. The summed E-state index contributed by atoms with van der Waals surface area (Å²) in [5.74, 6) is 0.411. The highest BCUT2D eigenvalue weighted by Crippen LogP contribution is 2.28. The first kappa shape index (κ1) is 13.8. The van der Waals surface area contributed by atoms with Gasteiger partial charge >= 0.3 is 7.12 Å². The Morgan fingerprint density at radius 2 is 2.11 bits per heavy atom. The average Bonchev–Trinajstić information content (AvgIpc) is 2.63. The van der Waals surface area contributed by atoms with Crippen LogP contribution in [-0.4, -0.2) is 30.9 Å². The van der Waals surface area contributed by atoms with Crippen LogP contribution < -0.4 is 10.2 Å². The Bertz CT molecular complexity index is 505. The molecule has 0 bridgehead atoms.